The minimum Gasteiger partial charge on any atom is -0.322 e. The Hall–Kier alpha value is -0.930. The van der Waals surface area contributed by atoms with Gasteiger partial charge in [-0.05, 0) is 39.5 Å². The normalized spacial score (nSPS) is 32.4. The Labute approximate surface area is 116 Å². The summed E-state index contributed by atoms with van der Waals surface area (Å²) in [6, 6.07) is 1.26. The molecule has 1 saturated carbocycles. The van der Waals surface area contributed by atoms with Crippen molar-refractivity contribution in [1.29, 1.82) is 5.26 Å². The lowest BCUT2D eigenvalue weighted by Crippen LogP contribution is -2.50. The monoisotopic (exact) mass is 283 g/mol. The molecule has 0 radical (unpaired) electrons. The van der Waals surface area contributed by atoms with Crippen molar-refractivity contribution in [2.24, 2.45) is 11.7 Å². The molecule has 0 bridgehead atoms. The number of hydrogen-bond donors (Lipinski definition) is 1. The van der Waals surface area contributed by atoms with E-state index in [2.05, 4.69) is 6.07 Å². The molecule has 0 aromatic heterocycles. The first kappa shape index (κ1) is 14.5. The molecule has 1 unspecified atom stereocenters. The molecule has 1 heterocycles. The first-order chi connectivity index (χ1) is 8.75. The molecule has 5 atom stereocenters. The van der Waals surface area contributed by atoms with Crippen LogP contribution in [-0.4, -0.2) is 43.6 Å². The number of fused-ring (bicyclic) bond motifs is 1. The Morgan fingerprint density at radius 1 is 1.53 bits per heavy atom. The lowest BCUT2D eigenvalue weighted by Gasteiger charge is -2.27. The first-order valence-corrected chi connectivity index (χ1v) is 7.93. The number of carbonyl (C=O) groups excluding carboxylic acids is 1. The summed E-state index contributed by atoms with van der Waals surface area (Å²) in [5, 5.41) is 9.07. The zero-order valence-corrected chi connectivity index (χ0v) is 12.4. The van der Waals surface area contributed by atoms with Crippen molar-refractivity contribution in [2.75, 3.05) is 5.75 Å². The summed E-state index contributed by atoms with van der Waals surface area (Å²) >= 11 is 0. The van der Waals surface area contributed by atoms with E-state index in [9.17, 15) is 9.00 Å². The molecular weight excluding hydrogens is 262 g/mol. The third-order valence-corrected chi connectivity index (χ3v) is 5.87. The van der Waals surface area contributed by atoms with E-state index in [1.165, 1.54) is 0 Å². The van der Waals surface area contributed by atoms with Gasteiger partial charge in [0.1, 0.15) is 6.04 Å². The molecule has 2 aliphatic rings. The quantitative estimate of drug-likeness (QED) is 0.811. The van der Waals surface area contributed by atoms with Crippen LogP contribution in [0.15, 0.2) is 0 Å². The van der Waals surface area contributed by atoms with Gasteiger partial charge in [0.15, 0.2) is 0 Å². The minimum atomic E-state index is -1.15. The molecule has 0 spiro atoms. The summed E-state index contributed by atoms with van der Waals surface area (Å²) in [6.45, 7) is 5.60. The molecular formula is C13H21N3O2S. The van der Waals surface area contributed by atoms with Crippen molar-refractivity contribution in [3.05, 3.63) is 0 Å². The molecule has 5 nitrogen and oxygen atoms in total. The van der Waals surface area contributed by atoms with Crippen LogP contribution in [0.4, 0.5) is 0 Å². The fourth-order valence-corrected chi connectivity index (χ4v) is 3.53. The van der Waals surface area contributed by atoms with Gasteiger partial charge in [0.25, 0.3) is 0 Å². The van der Waals surface area contributed by atoms with E-state index in [4.69, 9.17) is 11.0 Å². The highest BCUT2D eigenvalue weighted by Crippen LogP contribution is 2.47. The van der Waals surface area contributed by atoms with Crippen LogP contribution in [-0.2, 0) is 15.6 Å². The van der Waals surface area contributed by atoms with E-state index < -0.39 is 16.8 Å². The summed E-state index contributed by atoms with van der Waals surface area (Å²) in [5.74, 6) is 0.428. The first-order valence-electron chi connectivity index (χ1n) is 6.61. The van der Waals surface area contributed by atoms with Crippen LogP contribution in [0.5, 0.6) is 0 Å². The predicted octanol–water partition coefficient (Wildman–Crippen LogP) is 0.374. The van der Waals surface area contributed by atoms with Gasteiger partial charge in [-0.25, -0.2) is 0 Å². The van der Waals surface area contributed by atoms with Crippen molar-refractivity contribution in [2.45, 2.75) is 56.5 Å². The highest BCUT2D eigenvalue weighted by atomic mass is 32.2. The van der Waals surface area contributed by atoms with Crippen molar-refractivity contribution < 1.29 is 9.00 Å². The standard InChI is InChI=1S/C13H21N3O2S/c1-13(2,3)19(18)7-10(15)12(17)16-9(6-14)4-8-5-11(8)16/h8-11H,4-5,7,15H2,1-3H3/t8-,9+,10+,11+,19?/m1/s1. The highest BCUT2D eigenvalue weighted by molar-refractivity contribution is 7.86. The zero-order valence-electron chi connectivity index (χ0n) is 11.6. The Balaban J connectivity index is 2.00. The molecule has 0 aromatic carbocycles. The average Bonchev–Trinajstić information content (AvgIpc) is 2.98. The number of nitriles is 1. The molecule has 2 N–H and O–H groups in total. The van der Waals surface area contributed by atoms with Crippen molar-refractivity contribution in [3.63, 3.8) is 0 Å². The Kier molecular flexibility index (Phi) is 3.72. The van der Waals surface area contributed by atoms with E-state index in [1.807, 2.05) is 20.8 Å². The number of nitrogens with two attached hydrogens (primary N) is 1. The molecule has 1 aliphatic carbocycles. The molecule has 1 saturated heterocycles. The maximum absolute atomic E-state index is 12.3. The van der Waals surface area contributed by atoms with E-state index in [0.29, 0.717) is 5.92 Å². The third kappa shape index (κ3) is 2.82. The van der Waals surface area contributed by atoms with E-state index >= 15 is 0 Å². The number of hydrogen-bond acceptors (Lipinski definition) is 4. The summed E-state index contributed by atoms with van der Waals surface area (Å²) in [7, 11) is -1.15. The number of piperidine rings is 1. The predicted molar refractivity (Wildman–Crippen MR) is 73.5 cm³/mol. The van der Waals surface area contributed by atoms with Crippen LogP contribution < -0.4 is 5.73 Å². The van der Waals surface area contributed by atoms with Gasteiger partial charge in [-0.15, -0.1) is 0 Å². The van der Waals surface area contributed by atoms with Crippen LogP contribution in [0.2, 0.25) is 0 Å². The van der Waals surface area contributed by atoms with E-state index in [1.54, 1.807) is 4.90 Å². The van der Waals surface area contributed by atoms with Crippen molar-refractivity contribution in [3.8, 4) is 6.07 Å². The summed E-state index contributed by atoms with van der Waals surface area (Å²) in [5.41, 5.74) is 5.90. The minimum absolute atomic E-state index is 0.161. The van der Waals surface area contributed by atoms with Gasteiger partial charge in [-0.2, -0.15) is 5.26 Å². The van der Waals surface area contributed by atoms with Gasteiger partial charge in [0.2, 0.25) is 5.91 Å². The molecule has 2 fully saturated rings. The van der Waals surface area contributed by atoms with Gasteiger partial charge >= 0.3 is 0 Å². The second kappa shape index (κ2) is 4.88. The Morgan fingerprint density at radius 2 is 2.16 bits per heavy atom. The van der Waals surface area contributed by atoms with Crippen molar-refractivity contribution >= 4 is 16.7 Å². The van der Waals surface area contributed by atoms with Gasteiger partial charge in [-0.1, -0.05) is 0 Å². The Morgan fingerprint density at radius 3 is 2.68 bits per heavy atom. The van der Waals surface area contributed by atoms with Crippen LogP contribution in [0, 0.1) is 17.2 Å². The lowest BCUT2D eigenvalue weighted by atomic mass is 10.2. The number of carbonyl (C=O) groups is 1. The van der Waals surface area contributed by atoms with Crippen LogP contribution in [0.25, 0.3) is 0 Å². The van der Waals surface area contributed by atoms with Crippen molar-refractivity contribution in [1.82, 2.24) is 4.90 Å². The summed E-state index contributed by atoms with van der Waals surface area (Å²) in [4.78, 5) is 14.0. The second-order valence-electron chi connectivity index (χ2n) is 6.42. The largest absolute Gasteiger partial charge is 0.322 e. The molecule has 0 aromatic rings. The SMILES string of the molecule is CC(C)(C)S(=O)C[C@H](N)C(=O)N1[C@H](C#N)C[C@@H]2C[C@@H]21. The van der Waals surface area contributed by atoms with Crippen LogP contribution in [0.1, 0.15) is 33.6 Å². The third-order valence-electron chi connectivity index (χ3n) is 3.84. The maximum Gasteiger partial charge on any atom is 0.241 e. The van der Waals surface area contributed by atoms with Crippen LogP contribution in [0.3, 0.4) is 0 Å². The fourth-order valence-electron chi connectivity index (χ4n) is 2.56. The fraction of sp³-hybridized carbons (Fsp3) is 0.846. The summed E-state index contributed by atoms with van der Waals surface area (Å²) < 4.78 is 11.7. The van der Waals surface area contributed by atoms with Gasteiger partial charge in [0, 0.05) is 27.3 Å². The topological polar surface area (TPSA) is 87.2 Å². The smallest absolute Gasteiger partial charge is 0.241 e. The van der Waals surface area contributed by atoms with Gasteiger partial charge in [0.05, 0.1) is 12.1 Å². The lowest BCUT2D eigenvalue weighted by molar-refractivity contribution is -0.133. The molecule has 6 heteroatoms. The second-order valence-corrected chi connectivity index (χ2v) is 8.67. The highest BCUT2D eigenvalue weighted by Gasteiger charge is 2.54. The number of rotatable bonds is 3. The molecule has 2 rings (SSSR count). The zero-order chi connectivity index (χ0) is 14.4. The molecule has 1 aliphatic heterocycles. The van der Waals surface area contributed by atoms with E-state index in [0.717, 1.165) is 12.8 Å². The maximum atomic E-state index is 12.3. The Bertz CT molecular complexity index is 452. The average molecular weight is 283 g/mol. The molecule has 106 valence electrons. The number of amides is 1. The number of nitrogens with zero attached hydrogens (tertiary/aromatic N) is 2. The summed E-state index contributed by atoms with van der Waals surface area (Å²) in [6.07, 6.45) is 1.75. The van der Waals surface area contributed by atoms with Gasteiger partial charge < -0.3 is 10.6 Å². The molecule has 19 heavy (non-hydrogen) atoms. The number of likely N-dealkylation sites (tertiary alicyclic amines) is 1. The molecule has 1 amide bonds. The van der Waals surface area contributed by atoms with E-state index in [-0.39, 0.29) is 28.5 Å². The van der Waals surface area contributed by atoms with Gasteiger partial charge in [-0.3, -0.25) is 9.00 Å². The van der Waals surface area contributed by atoms with Crippen LogP contribution >= 0.6 is 0 Å².